The number of hydrogen-bond donors (Lipinski definition) is 4. The van der Waals surface area contributed by atoms with Crippen molar-refractivity contribution in [2.45, 2.75) is 257 Å². The van der Waals surface area contributed by atoms with Gasteiger partial charge in [-0.15, -0.1) is 0 Å². The molecule has 0 aliphatic heterocycles. The first-order valence-corrected chi connectivity index (χ1v) is 22.6. The summed E-state index contributed by atoms with van der Waals surface area (Å²) in [5, 5.41) is 33.4. The van der Waals surface area contributed by atoms with Gasteiger partial charge in [-0.1, -0.05) is 218 Å². The van der Waals surface area contributed by atoms with Crippen molar-refractivity contribution in [3.63, 3.8) is 0 Å². The summed E-state index contributed by atoms with van der Waals surface area (Å²) in [5.74, 6) is -0.286. The zero-order chi connectivity index (χ0) is 37.3. The molecule has 0 fully saturated rings. The minimum atomic E-state index is -0.749. The van der Waals surface area contributed by atoms with Gasteiger partial charge in [-0.3, -0.25) is 4.79 Å². The largest absolute Gasteiger partial charge is 0.394 e. The second kappa shape index (κ2) is 41.6. The number of amides is 1. The molecule has 3 atom stereocenters. The number of nitrogens with one attached hydrogen (secondary N) is 1. The molecule has 0 aromatic heterocycles. The Bertz CT molecular complexity index is 754. The van der Waals surface area contributed by atoms with Gasteiger partial charge in [0.25, 0.3) is 0 Å². The van der Waals surface area contributed by atoms with E-state index in [1.807, 2.05) is 0 Å². The number of unbranched alkanes of at least 4 members (excludes halogenated alkanes) is 29. The quantitative estimate of drug-likeness (QED) is 0.0374. The van der Waals surface area contributed by atoms with E-state index >= 15 is 0 Å². The molecule has 0 aromatic carbocycles. The first kappa shape index (κ1) is 49.8. The first-order valence-electron chi connectivity index (χ1n) is 22.6. The molecule has 1 amide bonds. The van der Waals surface area contributed by atoms with Crippen molar-refractivity contribution >= 4 is 5.91 Å². The third kappa shape index (κ3) is 38.4. The second-order valence-electron chi connectivity index (χ2n) is 15.7. The molecule has 0 aliphatic carbocycles. The first-order chi connectivity index (χ1) is 25.0. The van der Waals surface area contributed by atoms with E-state index < -0.39 is 18.2 Å². The molecule has 0 heterocycles. The van der Waals surface area contributed by atoms with Gasteiger partial charge in [-0.25, -0.2) is 0 Å². The summed E-state index contributed by atoms with van der Waals surface area (Å²) in [6.45, 7) is 4.24. The van der Waals surface area contributed by atoms with Gasteiger partial charge >= 0.3 is 0 Å². The summed E-state index contributed by atoms with van der Waals surface area (Å²) >= 11 is 0. The van der Waals surface area contributed by atoms with E-state index in [1.165, 1.54) is 180 Å². The lowest BCUT2D eigenvalue weighted by atomic mass is 10.0. The van der Waals surface area contributed by atoms with E-state index in [-0.39, 0.29) is 18.9 Å². The highest BCUT2D eigenvalue weighted by molar-refractivity contribution is 5.76. The van der Waals surface area contributed by atoms with Gasteiger partial charge in [0, 0.05) is 0 Å². The van der Waals surface area contributed by atoms with E-state index in [0.717, 1.165) is 25.7 Å². The maximum absolute atomic E-state index is 12.5. The number of hydrogen-bond acceptors (Lipinski definition) is 4. The van der Waals surface area contributed by atoms with Crippen molar-refractivity contribution in [3.8, 4) is 0 Å². The van der Waals surface area contributed by atoms with Crippen LogP contribution in [-0.2, 0) is 4.79 Å². The summed E-state index contributed by atoms with van der Waals surface area (Å²) in [6.07, 6.45) is 50.0. The summed E-state index contributed by atoms with van der Waals surface area (Å²) in [7, 11) is 0. The number of allylic oxidation sites excluding steroid dienone is 4. The van der Waals surface area contributed by atoms with E-state index in [9.17, 15) is 20.1 Å². The fourth-order valence-corrected chi connectivity index (χ4v) is 7.04. The van der Waals surface area contributed by atoms with Crippen LogP contribution in [0.15, 0.2) is 24.3 Å². The van der Waals surface area contributed by atoms with E-state index in [1.54, 1.807) is 0 Å². The Kier molecular flexibility index (Phi) is 40.6. The Morgan fingerprint density at radius 3 is 1.24 bits per heavy atom. The van der Waals surface area contributed by atoms with Crippen molar-refractivity contribution in [1.29, 1.82) is 0 Å². The molecule has 0 aliphatic rings. The highest BCUT2D eigenvalue weighted by Crippen LogP contribution is 2.16. The smallest absolute Gasteiger partial charge is 0.222 e. The minimum Gasteiger partial charge on any atom is -0.394 e. The third-order valence-corrected chi connectivity index (χ3v) is 10.5. The van der Waals surface area contributed by atoms with Crippen LogP contribution in [0.3, 0.4) is 0 Å². The number of rotatable bonds is 41. The van der Waals surface area contributed by atoms with Crippen molar-refractivity contribution < 1.29 is 20.1 Å². The second-order valence-corrected chi connectivity index (χ2v) is 15.7. The van der Waals surface area contributed by atoms with Crippen molar-refractivity contribution in [2.75, 3.05) is 6.61 Å². The van der Waals surface area contributed by atoms with Gasteiger partial charge in [0.05, 0.1) is 31.3 Å². The monoisotopic (exact) mass is 720 g/mol. The fourth-order valence-electron chi connectivity index (χ4n) is 7.04. The highest BCUT2D eigenvalue weighted by atomic mass is 16.3. The Hall–Kier alpha value is -1.17. The zero-order valence-corrected chi connectivity index (χ0v) is 34.2. The maximum Gasteiger partial charge on any atom is 0.222 e. The van der Waals surface area contributed by atoms with Crippen molar-refractivity contribution in [3.05, 3.63) is 24.3 Å². The molecule has 0 rings (SSSR count). The van der Waals surface area contributed by atoms with Crippen LogP contribution in [0.25, 0.3) is 0 Å². The summed E-state index contributed by atoms with van der Waals surface area (Å²) < 4.78 is 0. The number of aliphatic hydroxyl groups excluding tert-OH is 3. The van der Waals surface area contributed by atoms with Crippen LogP contribution in [0.1, 0.15) is 239 Å². The molecular formula is C46H89NO4. The normalized spacial score (nSPS) is 13.7. The topological polar surface area (TPSA) is 89.8 Å². The van der Waals surface area contributed by atoms with Gasteiger partial charge in [-0.05, 0) is 38.5 Å². The molecule has 5 nitrogen and oxygen atoms in total. The molecular weight excluding hydrogens is 631 g/mol. The molecule has 0 spiro atoms. The molecule has 0 saturated heterocycles. The maximum atomic E-state index is 12.5. The van der Waals surface area contributed by atoms with Crippen LogP contribution in [0, 0.1) is 0 Å². The molecule has 5 heteroatoms. The third-order valence-electron chi connectivity index (χ3n) is 10.5. The predicted octanol–water partition coefficient (Wildman–Crippen LogP) is 13.0. The van der Waals surface area contributed by atoms with Gasteiger partial charge in [0.15, 0.2) is 0 Å². The van der Waals surface area contributed by atoms with Crippen LogP contribution in [0.2, 0.25) is 0 Å². The van der Waals surface area contributed by atoms with Crippen LogP contribution >= 0.6 is 0 Å². The summed E-state index contributed by atoms with van der Waals surface area (Å²) in [4.78, 5) is 12.5. The number of carbonyl (C=O) groups excluding carboxylic acids is 1. The molecule has 3 unspecified atom stereocenters. The fraction of sp³-hybridized carbons (Fsp3) is 0.891. The Labute approximate surface area is 318 Å². The average Bonchev–Trinajstić information content (AvgIpc) is 3.12. The SMILES string of the molecule is CCCCC/C=C\C=C/CCCCCCCCCCC(O)CC(=O)NC(CO)C(O)CCCCCCCCCCCCCCCCCCCCC. The lowest BCUT2D eigenvalue weighted by molar-refractivity contribution is -0.125. The van der Waals surface area contributed by atoms with E-state index in [0.29, 0.717) is 12.8 Å². The summed E-state index contributed by atoms with van der Waals surface area (Å²) in [5.41, 5.74) is 0. The van der Waals surface area contributed by atoms with Gasteiger partial charge in [0.1, 0.15) is 0 Å². The molecule has 302 valence electrons. The Morgan fingerprint density at radius 1 is 0.490 bits per heavy atom. The zero-order valence-electron chi connectivity index (χ0n) is 34.2. The van der Waals surface area contributed by atoms with Crippen molar-refractivity contribution in [1.82, 2.24) is 5.32 Å². The van der Waals surface area contributed by atoms with Crippen LogP contribution in [0.5, 0.6) is 0 Å². The molecule has 0 saturated carbocycles. The molecule has 51 heavy (non-hydrogen) atoms. The van der Waals surface area contributed by atoms with Crippen LogP contribution in [0.4, 0.5) is 0 Å². The average molecular weight is 720 g/mol. The Balaban J connectivity index is 3.61. The van der Waals surface area contributed by atoms with Gasteiger partial charge in [0.2, 0.25) is 5.91 Å². The van der Waals surface area contributed by atoms with E-state index in [2.05, 4.69) is 43.5 Å². The lowest BCUT2D eigenvalue weighted by Crippen LogP contribution is -2.46. The van der Waals surface area contributed by atoms with Crippen LogP contribution in [-0.4, -0.2) is 46.1 Å². The van der Waals surface area contributed by atoms with Crippen LogP contribution < -0.4 is 5.32 Å². The van der Waals surface area contributed by atoms with Crippen molar-refractivity contribution in [2.24, 2.45) is 0 Å². The molecule has 0 aromatic rings. The predicted molar refractivity (Wildman–Crippen MR) is 222 cm³/mol. The van der Waals surface area contributed by atoms with Gasteiger partial charge < -0.3 is 20.6 Å². The molecule has 0 radical (unpaired) electrons. The number of carbonyl (C=O) groups is 1. The standard InChI is InChI=1S/C46H89NO4/c1-3-5-7-9-11-13-15-17-19-21-22-24-26-28-30-32-34-36-38-40-45(50)44(42-48)47-46(51)41-43(49)39-37-35-33-31-29-27-25-23-20-18-16-14-12-10-8-6-4-2/h12,14,16,18,43-45,48-50H,3-11,13,15,17,19-42H2,1-2H3,(H,47,51)/b14-12-,18-16-. The van der Waals surface area contributed by atoms with Gasteiger partial charge in [-0.2, -0.15) is 0 Å². The molecule has 0 bridgehead atoms. The summed E-state index contributed by atoms with van der Waals surface area (Å²) in [6, 6.07) is -0.659. The Morgan fingerprint density at radius 2 is 0.824 bits per heavy atom. The molecule has 4 N–H and O–H groups in total. The lowest BCUT2D eigenvalue weighted by Gasteiger charge is -2.23. The minimum absolute atomic E-state index is 0.0333. The highest BCUT2D eigenvalue weighted by Gasteiger charge is 2.21. The van der Waals surface area contributed by atoms with E-state index in [4.69, 9.17) is 0 Å². The number of aliphatic hydroxyl groups is 3.